The molecule has 0 aromatic carbocycles. The number of aliphatic carboxylic acids is 1. The summed E-state index contributed by atoms with van der Waals surface area (Å²) in [5, 5.41) is 34.8. The highest BCUT2D eigenvalue weighted by atomic mass is 16.4. The Hall–Kier alpha value is -5.50. The zero-order chi connectivity index (χ0) is 64.9. The van der Waals surface area contributed by atoms with Crippen molar-refractivity contribution in [3.63, 3.8) is 0 Å². The summed E-state index contributed by atoms with van der Waals surface area (Å²) in [6.07, 6.45) is 5.44. The molecule has 0 unspecified atom stereocenters. The zero-order valence-corrected chi connectivity index (χ0v) is 53.7. The predicted molar refractivity (Wildman–Crippen MR) is 331 cm³/mol. The monoisotopic (exact) mass is 1210 g/mol. The van der Waals surface area contributed by atoms with E-state index in [1.807, 2.05) is 83.1 Å². The molecule has 0 spiro atoms. The quantitative estimate of drug-likeness (QED) is 0.0385. The number of carboxylic acid groups (broad SMARTS) is 1. The number of nitrogens with two attached hydrogens (primary N) is 5. The van der Waals surface area contributed by atoms with Crippen LogP contribution in [0.3, 0.4) is 0 Å². The van der Waals surface area contributed by atoms with Crippen LogP contribution in [0.4, 0.5) is 0 Å². The molecular formula is C60H116N14O11. The van der Waals surface area contributed by atoms with Crippen molar-refractivity contribution in [1.82, 2.24) is 47.9 Å². The molecule has 0 aromatic heterocycles. The molecule has 492 valence electrons. The Labute approximate surface area is 507 Å². The summed E-state index contributed by atoms with van der Waals surface area (Å²) in [5.41, 5.74) is 29.4. The maximum atomic E-state index is 14.5. The third kappa shape index (κ3) is 35.0. The van der Waals surface area contributed by atoms with E-state index in [1.165, 1.54) is 0 Å². The van der Waals surface area contributed by atoms with Gasteiger partial charge in [0.15, 0.2) is 0 Å². The van der Waals surface area contributed by atoms with E-state index in [0.29, 0.717) is 84.0 Å². The standard InChI is InChI=1S/C60H116N14O11/c1-35(2)29-41(65)51(75)70-46(30-36(3)4)56(80)68-42(21-13-17-25-61)52(76)66-44(23-15-19-27-63)54(78)71-48(32-38(7)8)58(82)73-47(31-37(5)6)57(81)69-43(22-14-18-26-62)53(77)67-45(24-16-20-28-64)55(79)72-49(33-39(9)10)59(83)74-50(60(84)85)34-40(11)12/h35-50H,13-34,61-65H2,1-12H3,(H,66,76)(H,67,77)(H,68,80)(H,69,81)(H,70,75)(H,71,78)(H,72,79)(H,73,82)(H,74,83)(H,84,85)/t41-,42-,43-,44-,45-,46-,47-,48-,49-,50-/m0/s1. The second-order valence-electron chi connectivity index (χ2n) is 25.4. The smallest absolute Gasteiger partial charge is 0.326 e. The van der Waals surface area contributed by atoms with Gasteiger partial charge in [0.05, 0.1) is 6.04 Å². The second-order valence-corrected chi connectivity index (χ2v) is 25.4. The Bertz CT molecular complexity index is 2030. The number of rotatable bonds is 47. The van der Waals surface area contributed by atoms with Gasteiger partial charge in [-0.1, -0.05) is 83.1 Å². The van der Waals surface area contributed by atoms with E-state index >= 15 is 0 Å². The van der Waals surface area contributed by atoms with E-state index in [1.54, 1.807) is 0 Å². The van der Waals surface area contributed by atoms with Crippen LogP contribution in [-0.2, 0) is 47.9 Å². The largest absolute Gasteiger partial charge is 0.480 e. The summed E-state index contributed by atoms with van der Waals surface area (Å²) in [5.74, 6) is -7.52. The molecule has 0 aliphatic heterocycles. The van der Waals surface area contributed by atoms with Crippen molar-refractivity contribution in [2.45, 2.75) is 259 Å². The topological polar surface area (TPSA) is 429 Å². The molecule has 85 heavy (non-hydrogen) atoms. The average molecular weight is 1210 g/mol. The van der Waals surface area contributed by atoms with Crippen LogP contribution in [-0.4, -0.2) is 151 Å². The van der Waals surface area contributed by atoms with Crippen LogP contribution in [0.25, 0.3) is 0 Å². The highest BCUT2D eigenvalue weighted by Gasteiger charge is 2.36. The van der Waals surface area contributed by atoms with E-state index in [9.17, 15) is 53.1 Å². The lowest BCUT2D eigenvalue weighted by atomic mass is 9.98. The normalized spacial score (nSPS) is 15.2. The van der Waals surface area contributed by atoms with E-state index < -0.39 is 120 Å². The van der Waals surface area contributed by atoms with Crippen LogP contribution in [0.1, 0.15) is 199 Å². The van der Waals surface area contributed by atoms with Crippen molar-refractivity contribution in [3.8, 4) is 0 Å². The minimum atomic E-state index is -1.22. The molecule has 0 fully saturated rings. The first kappa shape index (κ1) is 79.5. The average Bonchev–Trinajstić information content (AvgIpc) is 3.55. The summed E-state index contributed by atoms with van der Waals surface area (Å²) >= 11 is 0. The van der Waals surface area contributed by atoms with E-state index in [-0.39, 0.29) is 93.3 Å². The van der Waals surface area contributed by atoms with Gasteiger partial charge < -0.3 is 81.6 Å². The van der Waals surface area contributed by atoms with Crippen LogP contribution in [0.2, 0.25) is 0 Å². The molecule has 0 heterocycles. The van der Waals surface area contributed by atoms with Gasteiger partial charge in [-0.05, 0) is 177 Å². The molecule has 0 bridgehead atoms. The number of unbranched alkanes of at least 4 members (excludes halogenated alkanes) is 4. The fourth-order valence-electron chi connectivity index (χ4n) is 9.62. The number of hydrogen-bond acceptors (Lipinski definition) is 15. The van der Waals surface area contributed by atoms with Gasteiger partial charge in [0.25, 0.3) is 0 Å². The lowest BCUT2D eigenvalue weighted by molar-refractivity contribution is -0.143. The van der Waals surface area contributed by atoms with Gasteiger partial charge in [-0.3, -0.25) is 43.2 Å². The molecule has 0 aliphatic carbocycles. The highest BCUT2D eigenvalue weighted by molar-refractivity contribution is 5.98. The Kier molecular flexibility index (Phi) is 41.2. The molecule has 0 aromatic rings. The molecule has 0 saturated heterocycles. The number of amides is 9. The number of carbonyl (C=O) groups is 10. The summed E-state index contributed by atoms with van der Waals surface area (Å²) in [4.78, 5) is 139. The first-order valence-corrected chi connectivity index (χ1v) is 31.4. The van der Waals surface area contributed by atoms with Crippen LogP contribution in [0.15, 0.2) is 0 Å². The lowest BCUT2D eigenvalue weighted by Gasteiger charge is -2.29. The zero-order valence-electron chi connectivity index (χ0n) is 53.7. The number of carboxylic acids is 1. The second kappa shape index (κ2) is 44.0. The minimum Gasteiger partial charge on any atom is -0.480 e. The van der Waals surface area contributed by atoms with Crippen molar-refractivity contribution < 1.29 is 53.1 Å². The maximum absolute atomic E-state index is 14.5. The summed E-state index contributed by atoms with van der Waals surface area (Å²) in [6.45, 7) is 23.6. The summed E-state index contributed by atoms with van der Waals surface area (Å²) < 4.78 is 0. The van der Waals surface area contributed by atoms with Gasteiger partial charge in [0, 0.05) is 0 Å². The summed E-state index contributed by atoms with van der Waals surface area (Å²) in [6, 6.07) is -11.4. The molecule has 0 rings (SSSR count). The molecule has 0 radical (unpaired) electrons. The Morgan fingerprint density at radius 2 is 0.447 bits per heavy atom. The Morgan fingerprint density at radius 3 is 0.647 bits per heavy atom. The predicted octanol–water partition coefficient (Wildman–Crippen LogP) is 1.55. The Balaban J connectivity index is 6.98. The van der Waals surface area contributed by atoms with Gasteiger partial charge in [0.1, 0.15) is 54.4 Å². The molecule has 10 atom stereocenters. The Morgan fingerprint density at radius 1 is 0.271 bits per heavy atom. The van der Waals surface area contributed by atoms with Crippen molar-refractivity contribution in [3.05, 3.63) is 0 Å². The fourth-order valence-corrected chi connectivity index (χ4v) is 9.62. The third-order valence-corrected chi connectivity index (χ3v) is 14.1. The van der Waals surface area contributed by atoms with E-state index in [2.05, 4.69) is 47.9 Å². The van der Waals surface area contributed by atoms with Gasteiger partial charge in [-0.15, -0.1) is 0 Å². The van der Waals surface area contributed by atoms with Crippen LogP contribution < -0.4 is 76.5 Å². The molecule has 20 N–H and O–H groups in total. The maximum Gasteiger partial charge on any atom is 0.326 e. The number of carbonyl (C=O) groups excluding carboxylic acids is 9. The van der Waals surface area contributed by atoms with Crippen molar-refractivity contribution in [2.75, 3.05) is 26.2 Å². The van der Waals surface area contributed by atoms with E-state index in [0.717, 1.165) is 0 Å². The SMILES string of the molecule is CC(C)C[C@H](NC(=O)[C@H](CC(C)C)NC(=O)[C@H](CCCCN)NC(=O)[C@H](CCCCN)NC(=O)[C@H](CC(C)C)NC(=O)[C@H](CC(C)C)NC(=O)[C@H](CCCCN)NC(=O)[C@H](CCCCN)NC(=O)[C@H](CC(C)C)NC(=O)[C@@H](N)CC(C)C)C(=O)O. The fraction of sp³-hybridized carbons (Fsp3) is 0.833. The molecule has 0 aliphatic rings. The first-order chi connectivity index (χ1) is 39.9. The first-order valence-electron chi connectivity index (χ1n) is 31.4. The van der Waals surface area contributed by atoms with Crippen LogP contribution in [0, 0.1) is 35.5 Å². The van der Waals surface area contributed by atoms with Crippen LogP contribution in [0.5, 0.6) is 0 Å². The van der Waals surface area contributed by atoms with E-state index in [4.69, 9.17) is 28.7 Å². The lowest BCUT2D eigenvalue weighted by Crippen LogP contribution is -2.60. The van der Waals surface area contributed by atoms with Crippen molar-refractivity contribution in [1.29, 1.82) is 0 Å². The van der Waals surface area contributed by atoms with Crippen molar-refractivity contribution in [2.24, 2.45) is 64.2 Å². The summed E-state index contributed by atoms with van der Waals surface area (Å²) in [7, 11) is 0. The molecule has 9 amide bonds. The van der Waals surface area contributed by atoms with Gasteiger partial charge in [0.2, 0.25) is 53.2 Å². The van der Waals surface area contributed by atoms with Crippen molar-refractivity contribution >= 4 is 59.1 Å². The molecular weight excluding hydrogens is 1090 g/mol. The minimum absolute atomic E-state index is 0.0217. The molecule has 25 nitrogen and oxygen atoms in total. The highest BCUT2D eigenvalue weighted by Crippen LogP contribution is 2.16. The molecule has 25 heteroatoms. The third-order valence-electron chi connectivity index (χ3n) is 14.1. The molecule has 0 saturated carbocycles. The van der Waals surface area contributed by atoms with Crippen LogP contribution >= 0.6 is 0 Å². The van der Waals surface area contributed by atoms with Gasteiger partial charge in [-0.25, -0.2) is 4.79 Å². The number of hydrogen-bond donors (Lipinski definition) is 15. The van der Waals surface area contributed by atoms with Gasteiger partial charge >= 0.3 is 5.97 Å². The van der Waals surface area contributed by atoms with Gasteiger partial charge in [-0.2, -0.15) is 0 Å². The number of nitrogens with one attached hydrogen (secondary N) is 9.